The van der Waals surface area contributed by atoms with E-state index in [1.807, 2.05) is 11.5 Å². The van der Waals surface area contributed by atoms with Crippen molar-refractivity contribution < 1.29 is 18.8 Å². The summed E-state index contributed by atoms with van der Waals surface area (Å²) in [6, 6.07) is 10.3. The molecular formula is C20H18FN3O4S. The minimum atomic E-state index is -0.487. The molecule has 1 heterocycles. The third kappa shape index (κ3) is 5.21. The first-order valence-corrected chi connectivity index (χ1v) is 9.67. The van der Waals surface area contributed by atoms with Crippen LogP contribution in [0.2, 0.25) is 0 Å². The summed E-state index contributed by atoms with van der Waals surface area (Å²) < 4.78 is 21.5. The van der Waals surface area contributed by atoms with Gasteiger partial charge in [0, 0.05) is 31.4 Å². The van der Waals surface area contributed by atoms with Gasteiger partial charge in [-0.15, -0.1) is 0 Å². The molecule has 0 aliphatic rings. The van der Waals surface area contributed by atoms with Crippen molar-refractivity contribution in [3.8, 4) is 0 Å². The third-order valence-electron chi connectivity index (χ3n) is 4.04. The molecular weight excluding hydrogens is 397 g/mol. The fraction of sp³-hybridized carbons (Fsp3) is 0.200. The average molecular weight is 415 g/mol. The molecule has 9 heteroatoms. The van der Waals surface area contributed by atoms with Crippen LogP contribution in [0.15, 0.2) is 53.5 Å². The van der Waals surface area contributed by atoms with E-state index in [4.69, 9.17) is 4.74 Å². The van der Waals surface area contributed by atoms with Gasteiger partial charge in [0.1, 0.15) is 5.82 Å². The smallest absolute Gasteiger partial charge is 0.272 e. The first-order valence-electron chi connectivity index (χ1n) is 8.86. The number of rotatable bonds is 7. The van der Waals surface area contributed by atoms with Crippen molar-refractivity contribution in [1.82, 2.24) is 4.57 Å². The lowest BCUT2D eigenvalue weighted by atomic mass is 10.2. The summed E-state index contributed by atoms with van der Waals surface area (Å²) >= 11 is 1.22. The van der Waals surface area contributed by atoms with Crippen molar-refractivity contribution in [2.24, 2.45) is 4.99 Å². The topological polar surface area (TPSA) is 86.7 Å². The number of nitro groups is 1. The molecule has 0 aliphatic carbocycles. The summed E-state index contributed by atoms with van der Waals surface area (Å²) in [6.45, 7) is 3.39. The molecule has 0 saturated heterocycles. The van der Waals surface area contributed by atoms with Crippen LogP contribution in [0.4, 0.5) is 10.1 Å². The van der Waals surface area contributed by atoms with E-state index in [2.05, 4.69) is 4.99 Å². The van der Waals surface area contributed by atoms with Gasteiger partial charge in [0.2, 0.25) is 0 Å². The maximum atomic E-state index is 13.6. The molecule has 1 amide bonds. The quantitative estimate of drug-likeness (QED) is 0.253. The van der Waals surface area contributed by atoms with E-state index in [-0.39, 0.29) is 11.5 Å². The van der Waals surface area contributed by atoms with Crippen molar-refractivity contribution in [2.45, 2.75) is 13.5 Å². The number of fused-ring (bicyclic) bond motifs is 1. The lowest BCUT2D eigenvalue weighted by molar-refractivity contribution is -0.384. The van der Waals surface area contributed by atoms with Crippen LogP contribution < -0.4 is 4.80 Å². The van der Waals surface area contributed by atoms with Gasteiger partial charge in [-0.2, -0.15) is 4.99 Å². The highest BCUT2D eigenvalue weighted by atomic mass is 32.1. The van der Waals surface area contributed by atoms with Gasteiger partial charge in [0.15, 0.2) is 4.80 Å². The number of hydrogen-bond donors (Lipinski definition) is 0. The van der Waals surface area contributed by atoms with Crippen molar-refractivity contribution in [3.05, 3.63) is 74.8 Å². The second-order valence-electron chi connectivity index (χ2n) is 5.98. The SMILES string of the molecule is CCOCCn1c(=NC(=O)/C=C\c2ccc([N+](=O)[O-])cc2)sc2cc(F)ccc21. The van der Waals surface area contributed by atoms with E-state index < -0.39 is 10.8 Å². The molecule has 3 rings (SSSR count). The molecule has 1 aromatic heterocycles. The Kier molecular flexibility index (Phi) is 6.63. The summed E-state index contributed by atoms with van der Waals surface area (Å²) in [7, 11) is 0. The summed E-state index contributed by atoms with van der Waals surface area (Å²) in [6.07, 6.45) is 2.83. The minimum Gasteiger partial charge on any atom is -0.380 e. The van der Waals surface area contributed by atoms with E-state index in [0.29, 0.717) is 34.8 Å². The average Bonchev–Trinajstić information content (AvgIpc) is 3.03. The second kappa shape index (κ2) is 9.35. The van der Waals surface area contributed by atoms with Gasteiger partial charge in [-0.1, -0.05) is 11.3 Å². The van der Waals surface area contributed by atoms with Gasteiger partial charge in [0.05, 0.1) is 21.7 Å². The van der Waals surface area contributed by atoms with Gasteiger partial charge < -0.3 is 9.30 Å². The van der Waals surface area contributed by atoms with Crippen LogP contribution in [0, 0.1) is 15.9 Å². The lowest BCUT2D eigenvalue weighted by Gasteiger charge is -2.05. The molecule has 3 aromatic rings. The van der Waals surface area contributed by atoms with Crippen LogP contribution in [-0.2, 0) is 16.1 Å². The van der Waals surface area contributed by atoms with Gasteiger partial charge >= 0.3 is 0 Å². The first-order chi connectivity index (χ1) is 14.0. The molecule has 0 aliphatic heterocycles. The minimum absolute atomic E-state index is 0.0222. The van der Waals surface area contributed by atoms with Crippen LogP contribution >= 0.6 is 11.3 Å². The number of carbonyl (C=O) groups excluding carboxylic acids is 1. The number of carbonyl (C=O) groups is 1. The maximum Gasteiger partial charge on any atom is 0.272 e. The predicted octanol–water partition coefficient (Wildman–Crippen LogP) is 3.93. The number of amides is 1. The Morgan fingerprint density at radius 2 is 2.07 bits per heavy atom. The highest BCUT2D eigenvalue weighted by molar-refractivity contribution is 7.16. The highest BCUT2D eigenvalue weighted by Gasteiger charge is 2.08. The molecule has 0 fully saturated rings. The Hall–Kier alpha value is -3.17. The number of benzene rings is 2. The van der Waals surface area contributed by atoms with Crippen molar-refractivity contribution in [3.63, 3.8) is 0 Å². The normalized spacial score (nSPS) is 12.1. The zero-order chi connectivity index (χ0) is 20.8. The molecule has 0 N–H and O–H groups in total. The number of hydrogen-bond acceptors (Lipinski definition) is 5. The fourth-order valence-electron chi connectivity index (χ4n) is 2.65. The van der Waals surface area contributed by atoms with Crippen molar-refractivity contribution >= 4 is 39.2 Å². The molecule has 0 radical (unpaired) electrons. The van der Waals surface area contributed by atoms with Gasteiger partial charge in [-0.3, -0.25) is 14.9 Å². The van der Waals surface area contributed by atoms with E-state index in [0.717, 1.165) is 5.52 Å². The molecule has 0 saturated carbocycles. The van der Waals surface area contributed by atoms with Gasteiger partial charge in [-0.25, -0.2) is 4.39 Å². The monoisotopic (exact) mass is 415 g/mol. The van der Waals surface area contributed by atoms with Crippen LogP contribution in [-0.4, -0.2) is 28.6 Å². The summed E-state index contributed by atoms with van der Waals surface area (Å²) in [5, 5.41) is 10.7. The number of non-ortho nitro benzene ring substituents is 1. The predicted molar refractivity (Wildman–Crippen MR) is 109 cm³/mol. The van der Waals surface area contributed by atoms with Gasteiger partial charge in [0.25, 0.3) is 11.6 Å². The maximum absolute atomic E-state index is 13.6. The van der Waals surface area contributed by atoms with E-state index in [1.54, 1.807) is 18.2 Å². The zero-order valence-corrected chi connectivity index (χ0v) is 16.4. The van der Waals surface area contributed by atoms with Crippen LogP contribution in [0.25, 0.3) is 16.3 Å². The highest BCUT2D eigenvalue weighted by Crippen LogP contribution is 2.19. The largest absolute Gasteiger partial charge is 0.380 e. The fourth-order valence-corrected chi connectivity index (χ4v) is 3.74. The van der Waals surface area contributed by atoms with Crippen molar-refractivity contribution in [1.29, 1.82) is 0 Å². The molecule has 0 spiro atoms. The molecule has 29 heavy (non-hydrogen) atoms. The summed E-state index contributed by atoms with van der Waals surface area (Å²) in [4.78, 5) is 27.1. The second-order valence-corrected chi connectivity index (χ2v) is 6.99. The molecule has 0 atom stereocenters. The molecule has 2 aromatic carbocycles. The Bertz CT molecular complexity index is 1130. The number of aromatic nitrogens is 1. The van der Waals surface area contributed by atoms with Gasteiger partial charge in [-0.05, 0) is 48.9 Å². The number of nitrogens with zero attached hydrogens (tertiary/aromatic N) is 3. The Balaban J connectivity index is 1.88. The van der Waals surface area contributed by atoms with Crippen LogP contribution in [0.1, 0.15) is 12.5 Å². The number of thiazole rings is 1. The number of halogens is 1. The summed E-state index contributed by atoms with van der Waals surface area (Å²) in [5.74, 6) is -0.841. The molecule has 7 nitrogen and oxygen atoms in total. The van der Waals surface area contributed by atoms with E-state index >= 15 is 0 Å². The first kappa shape index (κ1) is 20.6. The molecule has 0 unspecified atom stereocenters. The van der Waals surface area contributed by atoms with Crippen LogP contribution in [0.5, 0.6) is 0 Å². The van der Waals surface area contributed by atoms with E-state index in [9.17, 15) is 19.3 Å². The number of nitro benzene ring substituents is 1. The van der Waals surface area contributed by atoms with E-state index in [1.165, 1.54) is 47.8 Å². The van der Waals surface area contributed by atoms with Crippen molar-refractivity contribution in [2.75, 3.05) is 13.2 Å². The molecule has 0 bridgehead atoms. The van der Waals surface area contributed by atoms with Crippen LogP contribution in [0.3, 0.4) is 0 Å². The standard InChI is InChI=1S/C20H18FN3O4S/c1-2-28-12-11-23-17-9-6-15(21)13-18(17)29-20(23)22-19(25)10-5-14-3-7-16(8-4-14)24(26)27/h3-10,13H,2,11-12H2,1H3/b10-5-,22-20?. The summed E-state index contributed by atoms with van der Waals surface area (Å²) in [5.41, 5.74) is 1.40. The third-order valence-corrected chi connectivity index (χ3v) is 5.08. The molecule has 150 valence electrons. The zero-order valence-electron chi connectivity index (χ0n) is 15.6. The Morgan fingerprint density at radius 3 is 2.76 bits per heavy atom. The lowest BCUT2D eigenvalue weighted by Crippen LogP contribution is -2.19. The Labute approximate surface area is 169 Å². The number of ether oxygens (including phenoxy) is 1. The Morgan fingerprint density at radius 1 is 1.31 bits per heavy atom.